The van der Waals surface area contributed by atoms with E-state index in [4.69, 9.17) is 10.5 Å². The van der Waals surface area contributed by atoms with Gasteiger partial charge in [0.1, 0.15) is 0 Å². The Hall–Kier alpha value is -1.10. The largest absolute Gasteiger partial charge is 0.383 e. The molecule has 0 radical (unpaired) electrons. The molecule has 0 amide bonds. The highest BCUT2D eigenvalue weighted by Crippen LogP contribution is 2.20. The van der Waals surface area contributed by atoms with E-state index < -0.39 is 0 Å². The van der Waals surface area contributed by atoms with Gasteiger partial charge in [-0.25, -0.2) is 0 Å². The average molecular weight is 263 g/mol. The first-order chi connectivity index (χ1) is 9.19. The molecule has 4 nitrogen and oxygen atoms in total. The van der Waals surface area contributed by atoms with Crippen LogP contribution < -0.4 is 10.6 Å². The minimum atomic E-state index is -0.0441. The van der Waals surface area contributed by atoms with Crippen LogP contribution in [0.1, 0.15) is 6.92 Å². The molecule has 1 saturated heterocycles. The maximum atomic E-state index is 5.93. The Labute approximate surface area is 116 Å². The molecular weight excluding hydrogens is 238 g/mol. The third kappa shape index (κ3) is 3.26. The zero-order valence-corrected chi connectivity index (χ0v) is 12.0. The Morgan fingerprint density at radius 1 is 1.16 bits per heavy atom. The second-order valence-corrected chi connectivity index (χ2v) is 5.44. The number of hydrogen-bond acceptors (Lipinski definition) is 4. The number of nitrogens with zero attached hydrogens (tertiary/aromatic N) is 2. The first-order valence-electron chi connectivity index (χ1n) is 6.94. The average Bonchev–Trinajstić information content (AvgIpc) is 2.48. The van der Waals surface area contributed by atoms with Crippen molar-refractivity contribution in [3.63, 3.8) is 0 Å². The molecule has 1 aromatic carbocycles. The van der Waals surface area contributed by atoms with E-state index in [-0.39, 0.29) is 5.54 Å². The number of nitrogens with two attached hydrogens (primary N) is 1. The van der Waals surface area contributed by atoms with Crippen LogP contribution in [0.4, 0.5) is 5.69 Å². The third-order valence-corrected chi connectivity index (χ3v) is 4.06. The van der Waals surface area contributed by atoms with E-state index in [0.717, 1.165) is 26.2 Å². The summed E-state index contributed by atoms with van der Waals surface area (Å²) in [6.07, 6.45) is 0. The molecule has 1 aromatic rings. The van der Waals surface area contributed by atoms with Crippen molar-refractivity contribution >= 4 is 5.69 Å². The highest BCUT2D eigenvalue weighted by atomic mass is 16.5. The predicted molar refractivity (Wildman–Crippen MR) is 79.6 cm³/mol. The monoisotopic (exact) mass is 263 g/mol. The number of anilines is 1. The fourth-order valence-electron chi connectivity index (χ4n) is 2.73. The maximum Gasteiger partial charge on any atom is 0.0656 e. The molecule has 0 aromatic heterocycles. The molecule has 19 heavy (non-hydrogen) atoms. The van der Waals surface area contributed by atoms with Crippen LogP contribution in [0.2, 0.25) is 0 Å². The van der Waals surface area contributed by atoms with Crippen LogP contribution in [0.15, 0.2) is 30.3 Å². The lowest BCUT2D eigenvalue weighted by atomic mass is 10.00. The molecule has 1 atom stereocenters. The standard InChI is InChI=1S/C15H25N3O/c1-15(12-16,13-19-2)18-10-8-17(9-11-18)14-6-4-3-5-7-14/h3-7H,8-13,16H2,1-2H3. The van der Waals surface area contributed by atoms with E-state index in [1.54, 1.807) is 7.11 Å². The van der Waals surface area contributed by atoms with E-state index in [2.05, 4.69) is 47.1 Å². The number of hydrogen-bond donors (Lipinski definition) is 1. The number of benzene rings is 1. The Kier molecular flexibility index (Phi) is 4.80. The summed E-state index contributed by atoms with van der Waals surface area (Å²) >= 11 is 0. The fourth-order valence-corrected chi connectivity index (χ4v) is 2.73. The molecule has 106 valence electrons. The number of para-hydroxylation sites is 1. The topological polar surface area (TPSA) is 41.7 Å². The zero-order chi connectivity index (χ0) is 13.7. The van der Waals surface area contributed by atoms with Gasteiger partial charge < -0.3 is 15.4 Å². The molecule has 1 unspecified atom stereocenters. The molecule has 1 aliphatic heterocycles. The Morgan fingerprint density at radius 2 is 1.79 bits per heavy atom. The first kappa shape index (κ1) is 14.3. The van der Waals surface area contributed by atoms with Crippen LogP contribution in [0.5, 0.6) is 0 Å². The highest BCUT2D eigenvalue weighted by molar-refractivity contribution is 5.46. The Morgan fingerprint density at radius 3 is 2.32 bits per heavy atom. The molecule has 4 heteroatoms. The molecule has 2 N–H and O–H groups in total. The number of ether oxygens (including phenoxy) is 1. The summed E-state index contributed by atoms with van der Waals surface area (Å²) in [5.41, 5.74) is 7.20. The predicted octanol–water partition coefficient (Wildman–Crippen LogP) is 1.17. The molecule has 2 rings (SSSR count). The molecule has 1 heterocycles. The van der Waals surface area contributed by atoms with Crippen LogP contribution in [0.3, 0.4) is 0 Å². The number of rotatable bonds is 5. The van der Waals surface area contributed by atoms with Gasteiger partial charge in [0.2, 0.25) is 0 Å². The van der Waals surface area contributed by atoms with E-state index in [1.165, 1.54) is 5.69 Å². The first-order valence-corrected chi connectivity index (χ1v) is 6.94. The maximum absolute atomic E-state index is 5.93. The van der Waals surface area contributed by atoms with Gasteiger partial charge in [-0.1, -0.05) is 18.2 Å². The lowest BCUT2D eigenvalue weighted by Gasteiger charge is -2.45. The van der Waals surface area contributed by atoms with Gasteiger partial charge in [-0.3, -0.25) is 4.90 Å². The summed E-state index contributed by atoms with van der Waals surface area (Å²) in [5.74, 6) is 0. The van der Waals surface area contributed by atoms with Crippen LogP contribution in [-0.4, -0.2) is 56.9 Å². The highest BCUT2D eigenvalue weighted by Gasteiger charge is 2.32. The summed E-state index contributed by atoms with van der Waals surface area (Å²) in [5, 5.41) is 0. The SMILES string of the molecule is COCC(C)(CN)N1CCN(c2ccccc2)CC1. The second-order valence-electron chi connectivity index (χ2n) is 5.44. The van der Waals surface area contributed by atoms with Crippen molar-refractivity contribution in [1.29, 1.82) is 0 Å². The van der Waals surface area contributed by atoms with Crippen LogP contribution in [-0.2, 0) is 4.74 Å². The third-order valence-electron chi connectivity index (χ3n) is 4.06. The van der Waals surface area contributed by atoms with Crippen molar-refractivity contribution in [2.75, 3.05) is 51.3 Å². The van der Waals surface area contributed by atoms with Crippen LogP contribution >= 0.6 is 0 Å². The summed E-state index contributed by atoms with van der Waals surface area (Å²) in [7, 11) is 1.74. The minimum Gasteiger partial charge on any atom is -0.383 e. The summed E-state index contributed by atoms with van der Waals surface area (Å²) < 4.78 is 5.33. The van der Waals surface area contributed by atoms with Gasteiger partial charge in [0, 0.05) is 45.5 Å². The van der Waals surface area contributed by atoms with Crippen molar-refractivity contribution in [2.45, 2.75) is 12.5 Å². The summed E-state index contributed by atoms with van der Waals surface area (Å²) in [4.78, 5) is 4.89. The Balaban J connectivity index is 1.95. The minimum absolute atomic E-state index is 0.0441. The molecule has 0 saturated carbocycles. The smallest absolute Gasteiger partial charge is 0.0656 e. The summed E-state index contributed by atoms with van der Waals surface area (Å²) in [6, 6.07) is 10.6. The lowest BCUT2D eigenvalue weighted by molar-refractivity contribution is 0.0236. The van der Waals surface area contributed by atoms with Gasteiger partial charge in [-0.05, 0) is 19.1 Å². The molecule has 1 fully saturated rings. The van der Waals surface area contributed by atoms with Gasteiger partial charge in [-0.15, -0.1) is 0 Å². The molecule has 0 aliphatic carbocycles. The van der Waals surface area contributed by atoms with Gasteiger partial charge in [0.05, 0.1) is 12.1 Å². The molecule has 0 spiro atoms. The van der Waals surface area contributed by atoms with Crippen LogP contribution in [0.25, 0.3) is 0 Å². The number of methoxy groups -OCH3 is 1. The zero-order valence-electron chi connectivity index (χ0n) is 12.0. The van der Waals surface area contributed by atoms with Crippen molar-refractivity contribution in [2.24, 2.45) is 5.73 Å². The number of piperazine rings is 1. The normalized spacial score (nSPS) is 20.3. The van der Waals surface area contributed by atoms with Crippen molar-refractivity contribution < 1.29 is 4.74 Å². The second kappa shape index (κ2) is 6.37. The van der Waals surface area contributed by atoms with Gasteiger partial charge >= 0.3 is 0 Å². The van der Waals surface area contributed by atoms with Crippen molar-refractivity contribution in [3.05, 3.63) is 30.3 Å². The van der Waals surface area contributed by atoms with Gasteiger partial charge in [-0.2, -0.15) is 0 Å². The van der Waals surface area contributed by atoms with Crippen molar-refractivity contribution in [1.82, 2.24) is 4.90 Å². The van der Waals surface area contributed by atoms with Gasteiger partial charge in [0.25, 0.3) is 0 Å². The van der Waals surface area contributed by atoms with E-state index >= 15 is 0 Å². The fraction of sp³-hybridized carbons (Fsp3) is 0.600. The lowest BCUT2D eigenvalue weighted by Crippen LogP contribution is -2.60. The quantitative estimate of drug-likeness (QED) is 0.866. The van der Waals surface area contributed by atoms with E-state index in [9.17, 15) is 0 Å². The molecular formula is C15H25N3O. The van der Waals surface area contributed by atoms with Crippen molar-refractivity contribution in [3.8, 4) is 0 Å². The van der Waals surface area contributed by atoms with Gasteiger partial charge in [0.15, 0.2) is 0 Å². The summed E-state index contributed by atoms with van der Waals surface area (Å²) in [6.45, 7) is 7.67. The van der Waals surface area contributed by atoms with Crippen LogP contribution in [0, 0.1) is 0 Å². The Bertz CT molecular complexity index is 376. The van der Waals surface area contributed by atoms with E-state index in [1.807, 2.05) is 0 Å². The van der Waals surface area contributed by atoms with E-state index in [0.29, 0.717) is 13.2 Å². The molecule has 1 aliphatic rings. The molecule has 0 bridgehead atoms.